The summed E-state index contributed by atoms with van der Waals surface area (Å²) < 4.78 is 41.5. The summed E-state index contributed by atoms with van der Waals surface area (Å²) in [5.74, 6) is -1.53. The lowest BCUT2D eigenvalue weighted by atomic mass is 10.1. The molecule has 1 N–H and O–H groups in total. The maximum absolute atomic E-state index is 13.6. The number of carbonyl (C=O) groups excluding carboxylic acids is 2. The Balaban J connectivity index is 2.46. The Labute approximate surface area is 211 Å². The fourth-order valence-electron chi connectivity index (χ4n) is 3.18. The van der Waals surface area contributed by atoms with Gasteiger partial charge in [0.15, 0.2) is 0 Å². The summed E-state index contributed by atoms with van der Waals surface area (Å²) in [6, 6.07) is 10.7. The second kappa shape index (κ2) is 12.3. The van der Waals surface area contributed by atoms with Crippen molar-refractivity contribution in [1.82, 2.24) is 14.5 Å². The third-order valence-corrected chi connectivity index (χ3v) is 7.79. The lowest BCUT2D eigenvalue weighted by molar-refractivity contribution is -0.139. The second-order valence-corrected chi connectivity index (χ2v) is 10.9. The van der Waals surface area contributed by atoms with Crippen molar-refractivity contribution in [3.05, 3.63) is 64.9 Å². The highest BCUT2D eigenvalue weighted by Crippen LogP contribution is 2.23. The van der Waals surface area contributed by atoms with Gasteiger partial charge in [-0.2, -0.15) is 12.7 Å². The summed E-state index contributed by atoms with van der Waals surface area (Å²) in [5, 5.41) is 3.27. The quantitative estimate of drug-likeness (QED) is 0.486. The first-order valence-corrected chi connectivity index (χ1v) is 12.9. The lowest BCUT2D eigenvalue weighted by Gasteiger charge is -2.33. The van der Waals surface area contributed by atoms with Crippen molar-refractivity contribution in [3.63, 3.8) is 0 Å². The van der Waals surface area contributed by atoms with Gasteiger partial charge in [0.05, 0.1) is 5.69 Å². The summed E-state index contributed by atoms with van der Waals surface area (Å²) >= 11 is 6.31. The molecule has 192 valence electrons. The molecule has 0 saturated carbocycles. The number of anilines is 1. The molecule has 11 heteroatoms. The van der Waals surface area contributed by atoms with Crippen LogP contribution in [0.3, 0.4) is 0 Å². The number of benzene rings is 2. The van der Waals surface area contributed by atoms with Crippen molar-refractivity contribution < 1.29 is 22.4 Å². The standard InChI is InChI=1S/C24H32ClFN4O4S/c1-6-17(2)27-24(32)18(3)29(15-19-9-7-8-10-22(19)25)23(31)16-30(35(33,34)28(4)5)21-13-11-20(26)12-14-21/h7-14,17-18H,6,15-16H2,1-5H3,(H,27,32)/t17-,18+/m1/s1. The van der Waals surface area contributed by atoms with Gasteiger partial charge < -0.3 is 10.2 Å². The van der Waals surface area contributed by atoms with E-state index >= 15 is 0 Å². The Kier molecular flexibility index (Phi) is 10.1. The topological polar surface area (TPSA) is 90.0 Å². The minimum absolute atomic E-state index is 0.00707. The van der Waals surface area contributed by atoms with E-state index < -0.39 is 34.5 Å². The molecule has 0 aromatic heterocycles. The molecule has 35 heavy (non-hydrogen) atoms. The van der Waals surface area contributed by atoms with Gasteiger partial charge in [-0.15, -0.1) is 0 Å². The van der Waals surface area contributed by atoms with Gasteiger partial charge in [-0.05, 0) is 56.2 Å². The van der Waals surface area contributed by atoms with Gasteiger partial charge >= 0.3 is 10.2 Å². The Hall–Kier alpha value is -2.69. The highest BCUT2D eigenvalue weighted by molar-refractivity contribution is 7.90. The second-order valence-electron chi connectivity index (χ2n) is 8.38. The molecule has 0 fully saturated rings. The number of nitrogens with one attached hydrogen (secondary N) is 1. The predicted octanol–water partition coefficient (Wildman–Crippen LogP) is 3.42. The van der Waals surface area contributed by atoms with Crippen LogP contribution in [0.5, 0.6) is 0 Å². The molecule has 2 rings (SSSR count). The Morgan fingerprint density at radius 3 is 2.20 bits per heavy atom. The van der Waals surface area contributed by atoms with E-state index in [0.717, 1.165) is 20.7 Å². The van der Waals surface area contributed by atoms with E-state index in [1.807, 2.05) is 13.8 Å². The molecule has 0 aliphatic heterocycles. The number of carbonyl (C=O) groups is 2. The van der Waals surface area contributed by atoms with E-state index in [1.165, 1.54) is 31.1 Å². The highest BCUT2D eigenvalue weighted by atomic mass is 35.5. The number of hydrogen-bond donors (Lipinski definition) is 1. The molecular weight excluding hydrogens is 495 g/mol. The van der Waals surface area contributed by atoms with E-state index in [2.05, 4.69) is 5.32 Å². The molecule has 0 aliphatic rings. The lowest BCUT2D eigenvalue weighted by Crippen LogP contribution is -2.53. The largest absolute Gasteiger partial charge is 0.352 e. The van der Waals surface area contributed by atoms with Crippen molar-refractivity contribution in [3.8, 4) is 0 Å². The SMILES string of the molecule is CC[C@@H](C)NC(=O)[C@H](C)N(Cc1ccccc1Cl)C(=O)CN(c1ccc(F)cc1)S(=O)(=O)N(C)C. The fourth-order valence-corrected chi connectivity index (χ4v) is 4.43. The molecule has 0 heterocycles. The van der Waals surface area contributed by atoms with Gasteiger partial charge in [0.2, 0.25) is 11.8 Å². The molecule has 2 atom stereocenters. The molecular formula is C24H32ClFN4O4S. The zero-order valence-electron chi connectivity index (χ0n) is 20.5. The van der Waals surface area contributed by atoms with Crippen LogP contribution in [0.15, 0.2) is 48.5 Å². The average Bonchev–Trinajstić information content (AvgIpc) is 2.81. The molecule has 2 aromatic carbocycles. The molecule has 0 radical (unpaired) electrons. The van der Waals surface area contributed by atoms with Gasteiger partial charge in [0.25, 0.3) is 0 Å². The molecule has 2 amide bonds. The summed E-state index contributed by atoms with van der Waals surface area (Å²) in [6.07, 6.45) is 0.705. The van der Waals surface area contributed by atoms with Crippen molar-refractivity contribution >= 4 is 39.3 Å². The summed E-state index contributed by atoms with van der Waals surface area (Å²) in [6.45, 7) is 4.75. The number of halogens is 2. The smallest absolute Gasteiger partial charge is 0.304 e. The van der Waals surface area contributed by atoms with E-state index in [0.29, 0.717) is 17.0 Å². The average molecular weight is 527 g/mol. The minimum atomic E-state index is -4.11. The monoisotopic (exact) mass is 526 g/mol. The van der Waals surface area contributed by atoms with Crippen LogP contribution in [-0.4, -0.2) is 62.2 Å². The minimum Gasteiger partial charge on any atom is -0.352 e. The first-order chi connectivity index (χ1) is 16.4. The molecule has 2 aromatic rings. The zero-order valence-corrected chi connectivity index (χ0v) is 22.1. The van der Waals surface area contributed by atoms with Crippen LogP contribution in [0.2, 0.25) is 5.02 Å². The number of nitrogens with zero attached hydrogens (tertiary/aromatic N) is 3. The normalized spacial score (nSPS) is 13.3. The van der Waals surface area contributed by atoms with E-state index in [9.17, 15) is 22.4 Å². The summed E-state index contributed by atoms with van der Waals surface area (Å²) in [7, 11) is -1.45. The van der Waals surface area contributed by atoms with Gasteiger partial charge in [-0.1, -0.05) is 36.7 Å². The van der Waals surface area contributed by atoms with Crippen LogP contribution in [0.25, 0.3) is 0 Å². The maximum Gasteiger partial charge on any atom is 0.304 e. The van der Waals surface area contributed by atoms with Crippen LogP contribution in [0, 0.1) is 5.82 Å². The van der Waals surface area contributed by atoms with Gasteiger partial charge in [0, 0.05) is 31.7 Å². The van der Waals surface area contributed by atoms with Crippen LogP contribution >= 0.6 is 11.6 Å². The molecule has 0 spiro atoms. The van der Waals surface area contributed by atoms with Crippen molar-refractivity contribution in [2.75, 3.05) is 24.9 Å². The highest BCUT2D eigenvalue weighted by Gasteiger charge is 2.33. The van der Waals surface area contributed by atoms with Crippen LogP contribution in [0.4, 0.5) is 10.1 Å². The van der Waals surface area contributed by atoms with E-state index in [4.69, 9.17) is 11.6 Å². The summed E-state index contributed by atoms with van der Waals surface area (Å²) in [4.78, 5) is 27.8. The van der Waals surface area contributed by atoms with E-state index in [1.54, 1.807) is 31.2 Å². The van der Waals surface area contributed by atoms with Gasteiger partial charge in [-0.25, -0.2) is 8.70 Å². The first kappa shape index (κ1) is 28.5. The molecule has 0 aliphatic carbocycles. The summed E-state index contributed by atoms with van der Waals surface area (Å²) in [5.41, 5.74) is 0.720. The Morgan fingerprint density at radius 2 is 1.66 bits per heavy atom. The van der Waals surface area contributed by atoms with Crippen molar-refractivity contribution in [2.24, 2.45) is 0 Å². The molecule has 0 unspecified atom stereocenters. The first-order valence-electron chi connectivity index (χ1n) is 11.2. The van der Waals surface area contributed by atoms with Crippen LogP contribution < -0.4 is 9.62 Å². The molecule has 0 bridgehead atoms. The van der Waals surface area contributed by atoms with E-state index in [-0.39, 0.29) is 24.2 Å². The van der Waals surface area contributed by atoms with Gasteiger partial charge in [-0.3, -0.25) is 9.59 Å². The maximum atomic E-state index is 13.6. The third kappa shape index (κ3) is 7.39. The third-order valence-electron chi connectivity index (χ3n) is 5.60. The molecule has 0 saturated heterocycles. The van der Waals surface area contributed by atoms with Crippen molar-refractivity contribution in [2.45, 2.75) is 45.8 Å². The predicted molar refractivity (Wildman–Crippen MR) is 136 cm³/mol. The van der Waals surface area contributed by atoms with Gasteiger partial charge in [0.1, 0.15) is 18.4 Å². The molecule has 8 nitrogen and oxygen atoms in total. The zero-order chi connectivity index (χ0) is 26.3. The van der Waals surface area contributed by atoms with Crippen LogP contribution in [0.1, 0.15) is 32.8 Å². The van der Waals surface area contributed by atoms with Crippen LogP contribution in [-0.2, 0) is 26.3 Å². The fraction of sp³-hybridized carbons (Fsp3) is 0.417. The Bertz CT molecular complexity index is 1130. The van der Waals surface area contributed by atoms with Crippen molar-refractivity contribution in [1.29, 1.82) is 0 Å². The number of amides is 2. The Morgan fingerprint density at radius 1 is 1.06 bits per heavy atom. The number of rotatable bonds is 11. The number of hydrogen-bond acceptors (Lipinski definition) is 4.